The van der Waals surface area contributed by atoms with Crippen molar-refractivity contribution in [3.8, 4) is 5.75 Å². The fourth-order valence-corrected chi connectivity index (χ4v) is 5.29. The third kappa shape index (κ3) is 4.94. The maximum absolute atomic E-state index is 14.1. The van der Waals surface area contributed by atoms with Crippen molar-refractivity contribution in [2.75, 3.05) is 13.2 Å². The molecule has 1 unspecified atom stereocenters. The highest BCUT2D eigenvalue weighted by molar-refractivity contribution is 6.08. The molecule has 0 bridgehead atoms. The Morgan fingerprint density at radius 2 is 1.55 bits per heavy atom. The molecule has 1 N–H and O–H groups in total. The summed E-state index contributed by atoms with van der Waals surface area (Å²) in [6.07, 6.45) is -16.1. The summed E-state index contributed by atoms with van der Waals surface area (Å²) in [5.74, 6) is -1.46. The molecule has 1 atom stereocenters. The van der Waals surface area contributed by atoms with E-state index in [0.29, 0.717) is 17.4 Å². The van der Waals surface area contributed by atoms with Crippen LogP contribution in [-0.2, 0) is 33.7 Å². The summed E-state index contributed by atoms with van der Waals surface area (Å²) in [4.78, 5) is 25.8. The zero-order chi connectivity index (χ0) is 31.1. The monoisotopic (exact) mass is 612 g/mol. The van der Waals surface area contributed by atoms with E-state index in [2.05, 4.69) is 4.74 Å². The van der Waals surface area contributed by atoms with E-state index in [4.69, 9.17) is 4.74 Å². The van der Waals surface area contributed by atoms with E-state index in [1.54, 1.807) is 12.2 Å². The Morgan fingerprint density at radius 3 is 2.12 bits per heavy atom. The molecule has 3 amide bonds. The molecule has 0 radical (unpaired) electrons. The minimum absolute atomic E-state index is 0.00427. The molecule has 0 saturated carbocycles. The first-order valence-electron chi connectivity index (χ1n) is 12.8. The number of urea groups is 1. The van der Waals surface area contributed by atoms with Crippen molar-refractivity contribution < 1.29 is 58.6 Å². The molecule has 0 spiro atoms. The van der Waals surface area contributed by atoms with E-state index in [1.165, 1.54) is 18.2 Å². The van der Waals surface area contributed by atoms with Gasteiger partial charge in [0.2, 0.25) is 5.54 Å². The van der Waals surface area contributed by atoms with Crippen LogP contribution in [0.3, 0.4) is 0 Å². The number of halogens is 9. The number of carbonyl (C=O) groups is 2. The fourth-order valence-electron chi connectivity index (χ4n) is 5.29. The van der Waals surface area contributed by atoms with Crippen molar-refractivity contribution in [1.29, 1.82) is 0 Å². The molecule has 2 aliphatic heterocycles. The van der Waals surface area contributed by atoms with Crippen LogP contribution in [0.25, 0.3) is 0 Å². The van der Waals surface area contributed by atoms with Crippen LogP contribution in [0, 0.1) is 0 Å². The normalized spacial score (nSPS) is 20.6. The molecule has 230 valence electrons. The van der Waals surface area contributed by atoms with Crippen LogP contribution in [-0.4, -0.2) is 48.5 Å². The molecule has 4 rings (SSSR count). The van der Waals surface area contributed by atoms with Crippen LogP contribution in [0.15, 0.2) is 42.5 Å². The van der Waals surface area contributed by atoms with Crippen LogP contribution in [0.4, 0.5) is 44.3 Å². The molecule has 6 nitrogen and oxygen atoms in total. The lowest BCUT2D eigenvalue weighted by Crippen LogP contribution is -2.55. The summed E-state index contributed by atoms with van der Waals surface area (Å²) in [7, 11) is 0. The van der Waals surface area contributed by atoms with Gasteiger partial charge in [-0.15, -0.1) is 0 Å². The zero-order valence-electron chi connectivity index (χ0n) is 22.0. The smallest absolute Gasteiger partial charge is 0.430 e. The number of nitrogens with one attached hydrogen (secondary N) is 1. The van der Waals surface area contributed by atoms with E-state index in [1.807, 2.05) is 0 Å². The molecular weight excluding hydrogens is 587 g/mol. The van der Waals surface area contributed by atoms with Gasteiger partial charge >= 0.3 is 24.6 Å². The third-order valence-corrected chi connectivity index (χ3v) is 7.27. The molecule has 0 aliphatic carbocycles. The number of nitrogens with zero attached hydrogens (tertiary/aromatic N) is 1. The molecule has 2 aromatic rings. The van der Waals surface area contributed by atoms with Crippen molar-refractivity contribution in [3.05, 3.63) is 64.7 Å². The highest BCUT2D eigenvalue weighted by Gasteiger charge is 2.76. The number of benzene rings is 2. The van der Waals surface area contributed by atoms with Crippen LogP contribution in [0.2, 0.25) is 0 Å². The Kier molecular flexibility index (Phi) is 8.21. The van der Waals surface area contributed by atoms with Gasteiger partial charge in [0, 0.05) is 17.7 Å². The van der Waals surface area contributed by atoms with Crippen LogP contribution in [0.1, 0.15) is 48.4 Å². The van der Waals surface area contributed by atoms with E-state index in [-0.39, 0.29) is 42.7 Å². The number of alkyl halides is 9. The van der Waals surface area contributed by atoms with Crippen molar-refractivity contribution in [1.82, 2.24) is 10.2 Å². The van der Waals surface area contributed by atoms with Crippen LogP contribution >= 0.6 is 0 Å². The first kappa shape index (κ1) is 31.4. The third-order valence-electron chi connectivity index (χ3n) is 7.27. The lowest BCUT2D eigenvalue weighted by Gasteiger charge is -2.33. The first-order chi connectivity index (χ1) is 19.5. The maximum Gasteiger partial charge on any atom is 0.430 e. The second-order valence-electron chi connectivity index (χ2n) is 9.84. The van der Waals surface area contributed by atoms with Gasteiger partial charge in [0.1, 0.15) is 5.75 Å². The van der Waals surface area contributed by atoms with Crippen LogP contribution < -0.4 is 10.1 Å². The summed E-state index contributed by atoms with van der Waals surface area (Å²) in [6, 6.07) is 6.64. The number of imide groups is 1. The van der Waals surface area contributed by atoms with Crippen molar-refractivity contribution >= 4 is 11.9 Å². The number of carbonyl (C=O) groups excluding carboxylic acids is 2. The second-order valence-corrected chi connectivity index (χ2v) is 9.84. The molecule has 2 aliphatic rings. The van der Waals surface area contributed by atoms with Gasteiger partial charge in [-0.3, -0.25) is 9.69 Å². The molecule has 15 heteroatoms. The minimum atomic E-state index is -5.77. The number of ether oxygens (including phenoxy) is 2. The predicted octanol–water partition coefficient (Wildman–Crippen LogP) is 6.66. The van der Waals surface area contributed by atoms with Gasteiger partial charge in [-0.1, -0.05) is 49.7 Å². The summed E-state index contributed by atoms with van der Waals surface area (Å²) in [5, 5.41) is 1.77. The van der Waals surface area contributed by atoms with Gasteiger partial charge in [-0.2, -0.15) is 39.5 Å². The molecular formula is C27H25F9N2O4. The van der Waals surface area contributed by atoms with E-state index < -0.39 is 65.9 Å². The topological polar surface area (TPSA) is 67.9 Å². The van der Waals surface area contributed by atoms with Crippen molar-refractivity contribution in [2.24, 2.45) is 0 Å². The van der Waals surface area contributed by atoms with E-state index in [9.17, 15) is 49.1 Å². The van der Waals surface area contributed by atoms with Gasteiger partial charge in [0.15, 0.2) is 0 Å². The van der Waals surface area contributed by atoms with Gasteiger partial charge in [0.05, 0.1) is 13.2 Å². The number of unbranched alkanes of at least 4 members (excludes halogenated alkanes) is 1. The number of hydrogen-bond donors (Lipinski definition) is 1. The quantitative estimate of drug-likeness (QED) is 0.196. The number of amides is 3. The van der Waals surface area contributed by atoms with Crippen molar-refractivity contribution in [2.45, 2.75) is 68.9 Å². The molecule has 1 fully saturated rings. The number of rotatable bonds is 9. The largest absolute Gasteiger partial charge is 0.493 e. The predicted molar refractivity (Wildman–Crippen MR) is 128 cm³/mol. The first-order valence-corrected chi connectivity index (χ1v) is 12.8. The van der Waals surface area contributed by atoms with Gasteiger partial charge < -0.3 is 14.8 Å². The lowest BCUT2D eigenvalue weighted by molar-refractivity contribution is -0.385. The van der Waals surface area contributed by atoms with Gasteiger partial charge in [0.25, 0.3) is 11.5 Å². The average molecular weight is 612 g/mol. The fraction of sp³-hybridized carbons (Fsp3) is 0.481. The average Bonchev–Trinajstić information content (AvgIpc) is 3.42. The Bertz CT molecular complexity index is 1310. The van der Waals surface area contributed by atoms with Crippen LogP contribution in [0.5, 0.6) is 5.75 Å². The van der Waals surface area contributed by atoms with E-state index in [0.717, 1.165) is 18.2 Å². The summed E-state index contributed by atoms with van der Waals surface area (Å²) in [6.45, 7) is 0.203. The number of fused-ring (bicyclic) bond motifs is 1. The molecule has 2 aromatic carbocycles. The maximum atomic E-state index is 14.1. The molecule has 1 saturated heterocycles. The SMILES string of the molecule is CCCc1c(OCCCCN2C(=O)NC(c3ccccc3)(C(F)(F)F)C2=O)ccc2c1COC2(C(F)(F)F)C(F)(F)F. The standard InChI is InChI=1S/C27H25F9N2O4/c1-2-8-17-18-15-42-24(26(31,32)33,27(34,35)36)19(18)11-12-20(17)41-14-7-6-13-38-21(39)23(25(28,29)30,37-22(38)40)16-9-4-3-5-10-16/h3-5,9-12H,2,6-8,13-15H2,1H3,(H,37,40). The minimum Gasteiger partial charge on any atom is -0.493 e. The highest BCUT2D eigenvalue weighted by atomic mass is 19.4. The summed E-state index contributed by atoms with van der Waals surface area (Å²) < 4.78 is 134. The highest BCUT2D eigenvalue weighted by Crippen LogP contribution is 2.58. The van der Waals surface area contributed by atoms with Gasteiger partial charge in [-0.05, 0) is 36.5 Å². The molecule has 42 heavy (non-hydrogen) atoms. The molecule has 2 heterocycles. The molecule has 0 aromatic heterocycles. The van der Waals surface area contributed by atoms with E-state index >= 15 is 0 Å². The summed E-state index contributed by atoms with van der Waals surface area (Å²) >= 11 is 0. The summed E-state index contributed by atoms with van der Waals surface area (Å²) in [5.41, 5.74) is -9.37. The Hall–Kier alpha value is -3.49. The van der Waals surface area contributed by atoms with Crippen molar-refractivity contribution in [3.63, 3.8) is 0 Å². The second kappa shape index (κ2) is 11.0. The Balaban J connectivity index is 1.46. The Labute approximate surface area is 233 Å². The zero-order valence-corrected chi connectivity index (χ0v) is 22.0. The number of hydrogen-bond acceptors (Lipinski definition) is 4. The van der Waals surface area contributed by atoms with Gasteiger partial charge in [-0.25, -0.2) is 4.79 Å². The Morgan fingerprint density at radius 1 is 0.905 bits per heavy atom. The lowest BCUT2D eigenvalue weighted by atomic mass is 9.87.